The van der Waals surface area contributed by atoms with Crippen molar-refractivity contribution in [3.05, 3.63) is 29.8 Å². The lowest BCUT2D eigenvalue weighted by atomic mass is 9.82. The Hall–Kier alpha value is -1.06. The summed E-state index contributed by atoms with van der Waals surface area (Å²) in [6.07, 6.45) is 2.33. The predicted octanol–water partition coefficient (Wildman–Crippen LogP) is 3.77. The third kappa shape index (κ3) is 6.49. The van der Waals surface area contributed by atoms with E-state index in [9.17, 15) is 0 Å². The van der Waals surface area contributed by atoms with Crippen molar-refractivity contribution < 1.29 is 9.47 Å². The quantitative estimate of drug-likeness (QED) is 0.666. The van der Waals surface area contributed by atoms with Crippen LogP contribution in [0.25, 0.3) is 0 Å². The fraction of sp³-hybridized carbons (Fsp3) is 0.667. The summed E-state index contributed by atoms with van der Waals surface area (Å²) in [7, 11) is 1.73. The summed E-state index contributed by atoms with van der Waals surface area (Å²) in [6, 6.07) is 8.51. The highest BCUT2D eigenvalue weighted by molar-refractivity contribution is 5.31. The molecule has 3 heteroatoms. The van der Waals surface area contributed by atoms with Gasteiger partial charge in [-0.3, -0.25) is 0 Å². The first-order valence-corrected chi connectivity index (χ1v) is 7.96. The van der Waals surface area contributed by atoms with Crippen LogP contribution < -0.4 is 10.1 Å². The molecule has 1 aromatic carbocycles. The normalized spacial score (nSPS) is 13.2. The summed E-state index contributed by atoms with van der Waals surface area (Å²) in [5.41, 5.74) is 1.59. The summed E-state index contributed by atoms with van der Waals surface area (Å²) in [6.45, 7) is 11.5. The third-order valence-corrected chi connectivity index (χ3v) is 3.99. The second-order valence-corrected chi connectivity index (χ2v) is 6.24. The second-order valence-electron chi connectivity index (χ2n) is 6.24. The molecule has 1 unspecified atom stereocenters. The Labute approximate surface area is 130 Å². The minimum absolute atomic E-state index is 0.164. The van der Waals surface area contributed by atoms with E-state index in [0.717, 1.165) is 38.3 Å². The average Bonchev–Trinajstić information content (AvgIpc) is 2.47. The first kappa shape index (κ1) is 18.0. The van der Waals surface area contributed by atoms with E-state index in [0.29, 0.717) is 0 Å². The molecule has 0 spiro atoms. The SMILES string of the molecule is CCC(C)(C)c1ccc(OC(C)CNCCCOC)cc1. The fourth-order valence-corrected chi connectivity index (χ4v) is 2.11. The largest absolute Gasteiger partial charge is 0.489 e. The van der Waals surface area contributed by atoms with Gasteiger partial charge in [0.25, 0.3) is 0 Å². The molecule has 1 rings (SSSR count). The smallest absolute Gasteiger partial charge is 0.119 e. The van der Waals surface area contributed by atoms with Gasteiger partial charge in [-0.1, -0.05) is 32.9 Å². The molecule has 3 nitrogen and oxygen atoms in total. The van der Waals surface area contributed by atoms with E-state index in [1.54, 1.807) is 7.11 Å². The molecule has 0 aliphatic heterocycles. The lowest BCUT2D eigenvalue weighted by Crippen LogP contribution is -2.30. The van der Waals surface area contributed by atoms with Crippen molar-refractivity contribution in [2.45, 2.75) is 52.1 Å². The first-order chi connectivity index (χ1) is 9.99. The molecule has 0 saturated heterocycles. The van der Waals surface area contributed by atoms with Gasteiger partial charge in [-0.25, -0.2) is 0 Å². The molecule has 1 atom stereocenters. The molecule has 1 aromatic rings. The standard InChI is InChI=1S/C18H31NO2/c1-6-18(3,4)16-8-10-17(11-9-16)21-15(2)14-19-12-7-13-20-5/h8-11,15,19H,6-7,12-14H2,1-5H3. The predicted molar refractivity (Wildman–Crippen MR) is 89.2 cm³/mol. The van der Waals surface area contributed by atoms with Crippen molar-refractivity contribution >= 4 is 0 Å². The van der Waals surface area contributed by atoms with Crippen molar-refractivity contribution in [1.82, 2.24) is 5.32 Å². The number of hydrogen-bond donors (Lipinski definition) is 1. The third-order valence-electron chi connectivity index (χ3n) is 3.99. The minimum Gasteiger partial charge on any atom is -0.489 e. The van der Waals surface area contributed by atoms with Crippen molar-refractivity contribution in [2.24, 2.45) is 0 Å². The second kappa shape index (κ2) is 9.06. The lowest BCUT2D eigenvalue weighted by molar-refractivity contribution is 0.188. The van der Waals surface area contributed by atoms with Crippen molar-refractivity contribution in [3.8, 4) is 5.75 Å². The summed E-state index contributed by atoms with van der Waals surface area (Å²) < 4.78 is 10.9. The monoisotopic (exact) mass is 293 g/mol. The van der Waals surface area contributed by atoms with E-state index in [-0.39, 0.29) is 11.5 Å². The van der Waals surface area contributed by atoms with Gasteiger partial charge in [0.1, 0.15) is 11.9 Å². The molecule has 0 aliphatic carbocycles. The maximum atomic E-state index is 5.93. The Bertz CT molecular complexity index is 387. The Morgan fingerprint density at radius 2 is 1.86 bits per heavy atom. The molecule has 0 fully saturated rings. The molecule has 0 amide bonds. The van der Waals surface area contributed by atoms with Gasteiger partial charge in [-0.15, -0.1) is 0 Å². The first-order valence-electron chi connectivity index (χ1n) is 7.96. The van der Waals surface area contributed by atoms with Crippen molar-refractivity contribution in [2.75, 3.05) is 26.8 Å². The van der Waals surface area contributed by atoms with E-state index >= 15 is 0 Å². The zero-order valence-corrected chi connectivity index (χ0v) is 14.2. The summed E-state index contributed by atoms with van der Waals surface area (Å²) in [4.78, 5) is 0. The minimum atomic E-state index is 0.164. The van der Waals surface area contributed by atoms with Crippen LogP contribution in [-0.4, -0.2) is 32.9 Å². The highest BCUT2D eigenvalue weighted by Gasteiger charge is 2.17. The maximum Gasteiger partial charge on any atom is 0.119 e. The number of hydrogen-bond acceptors (Lipinski definition) is 3. The van der Waals surface area contributed by atoms with Gasteiger partial charge in [-0.05, 0) is 49.4 Å². The number of benzene rings is 1. The van der Waals surface area contributed by atoms with Gasteiger partial charge >= 0.3 is 0 Å². The van der Waals surface area contributed by atoms with Crippen LogP contribution in [0.5, 0.6) is 5.75 Å². The molecule has 0 heterocycles. The van der Waals surface area contributed by atoms with Crippen LogP contribution in [0.3, 0.4) is 0 Å². The zero-order chi connectivity index (χ0) is 15.7. The van der Waals surface area contributed by atoms with Gasteiger partial charge < -0.3 is 14.8 Å². The van der Waals surface area contributed by atoms with Crippen molar-refractivity contribution in [1.29, 1.82) is 0 Å². The average molecular weight is 293 g/mol. The van der Waals surface area contributed by atoms with Crippen molar-refractivity contribution in [3.63, 3.8) is 0 Å². The summed E-state index contributed by atoms with van der Waals surface area (Å²) >= 11 is 0. The molecular formula is C18H31NO2. The van der Waals surface area contributed by atoms with Crippen LogP contribution >= 0.6 is 0 Å². The van der Waals surface area contributed by atoms with E-state index in [4.69, 9.17) is 9.47 Å². The Kier molecular flexibility index (Phi) is 7.76. The number of rotatable bonds is 10. The van der Waals surface area contributed by atoms with Crippen LogP contribution in [0, 0.1) is 0 Å². The molecule has 0 bridgehead atoms. The number of nitrogens with one attached hydrogen (secondary N) is 1. The van der Waals surface area contributed by atoms with E-state index in [1.807, 2.05) is 0 Å². The highest BCUT2D eigenvalue weighted by Crippen LogP contribution is 2.28. The molecule has 21 heavy (non-hydrogen) atoms. The van der Waals surface area contributed by atoms with E-state index in [2.05, 4.69) is 57.3 Å². The molecule has 0 aliphatic rings. The van der Waals surface area contributed by atoms with Gasteiger partial charge in [0.05, 0.1) is 0 Å². The molecule has 0 saturated carbocycles. The van der Waals surface area contributed by atoms with Crippen LogP contribution in [0.2, 0.25) is 0 Å². The Morgan fingerprint density at radius 1 is 1.19 bits per heavy atom. The zero-order valence-electron chi connectivity index (χ0n) is 14.2. The van der Waals surface area contributed by atoms with E-state index < -0.39 is 0 Å². The Morgan fingerprint density at radius 3 is 2.43 bits per heavy atom. The van der Waals surface area contributed by atoms with Crippen LogP contribution in [-0.2, 0) is 10.2 Å². The van der Waals surface area contributed by atoms with Crippen LogP contribution in [0.4, 0.5) is 0 Å². The molecule has 120 valence electrons. The molecule has 0 aromatic heterocycles. The van der Waals surface area contributed by atoms with Gasteiger partial charge in [-0.2, -0.15) is 0 Å². The van der Waals surface area contributed by atoms with Gasteiger partial charge in [0.2, 0.25) is 0 Å². The Balaban J connectivity index is 2.38. The van der Waals surface area contributed by atoms with E-state index in [1.165, 1.54) is 5.56 Å². The number of methoxy groups -OCH3 is 1. The topological polar surface area (TPSA) is 30.5 Å². The molecule has 1 N–H and O–H groups in total. The van der Waals surface area contributed by atoms with Crippen LogP contribution in [0.15, 0.2) is 24.3 Å². The fourth-order valence-electron chi connectivity index (χ4n) is 2.11. The van der Waals surface area contributed by atoms with Gasteiger partial charge in [0, 0.05) is 20.3 Å². The van der Waals surface area contributed by atoms with Gasteiger partial charge in [0.15, 0.2) is 0 Å². The summed E-state index contributed by atoms with van der Waals surface area (Å²) in [5, 5.41) is 3.38. The number of ether oxygens (including phenoxy) is 2. The molecular weight excluding hydrogens is 262 g/mol. The highest BCUT2D eigenvalue weighted by atomic mass is 16.5. The lowest BCUT2D eigenvalue weighted by Gasteiger charge is -2.24. The molecule has 0 radical (unpaired) electrons. The van der Waals surface area contributed by atoms with Crippen LogP contribution in [0.1, 0.15) is 46.1 Å². The summed E-state index contributed by atoms with van der Waals surface area (Å²) in [5.74, 6) is 0.942. The maximum absolute atomic E-state index is 5.93.